The molecular formula is C18H24N2O. The predicted molar refractivity (Wildman–Crippen MR) is 87.4 cm³/mol. The number of hydrogen-bond donors (Lipinski definition) is 1. The molecule has 2 aromatic rings. The van der Waals surface area contributed by atoms with E-state index in [9.17, 15) is 0 Å². The second-order valence-corrected chi connectivity index (χ2v) is 7.22. The van der Waals surface area contributed by atoms with Crippen LogP contribution in [0.2, 0.25) is 0 Å². The molecule has 1 aliphatic rings. The number of aromatic nitrogens is 1. The first-order valence-electron chi connectivity index (χ1n) is 7.75. The van der Waals surface area contributed by atoms with Crippen molar-refractivity contribution < 1.29 is 4.74 Å². The molecule has 3 nitrogen and oxygen atoms in total. The molecule has 0 saturated heterocycles. The highest BCUT2D eigenvalue weighted by Crippen LogP contribution is 2.40. The normalized spacial score (nSPS) is 24.9. The first-order valence-corrected chi connectivity index (χ1v) is 7.75. The van der Waals surface area contributed by atoms with Crippen LogP contribution in [0.4, 0.5) is 5.82 Å². The van der Waals surface area contributed by atoms with E-state index in [4.69, 9.17) is 10.5 Å². The summed E-state index contributed by atoms with van der Waals surface area (Å²) in [6.45, 7) is 6.98. The average Bonchev–Trinajstić information content (AvgIpc) is 2.37. The second kappa shape index (κ2) is 5.21. The molecule has 0 bridgehead atoms. The van der Waals surface area contributed by atoms with Crippen LogP contribution in [0, 0.1) is 11.3 Å². The molecule has 1 saturated carbocycles. The van der Waals surface area contributed by atoms with Crippen LogP contribution in [0.15, 0.2) is 30.3 Å². The number of nitrogens with zero attached hydrogens (tertiary/aromatic N) is 1. The summed E-state index contributed by atoms with van der Waals surface area (Å²) >= 11 is 0. The molecule has 1 aromatic carbocycles. The Morgan fingerprint density at radius 3 is 2.76 bits per heavy atom. The van der Waals surface area contributed by atoms with Gasteiger partial charge in [0.1, 0.15) is 17.1 Å². The van der Waals surface area contributed by atoms with Crippen molar-refractivity contribution in [3.05, 3.63) is 30.3 Å². The van der Waals surface area contributed by atoms with Gasteiger partial charge in [0.2, 0.25) is 0 Å². The Bertz CT molecular complexity index is 651. The summed E-state index contributed by atoms with van der Waals surface area (Å²) in [6.07, 6.45) is 3.74. The monoisotopic (exact) mass is 284 g/mol. The van der Waals surface area contributed by atoms with Gasteiger partial charge in [-0.15, -0.1) is 0 Å². The van der Waals surface area contributed by atoms with E-state index < -0.39 is 0 Å². The molecule has 112 valence electrons. The minimum Gasteiger partial charge on any atom is -0.488 e. The van der Waals surface area contributed by atoms with Gasteiger partial charge in [0.15, 0.2) is 0 Å². The number of hydrogen-bond acceptors (Lipinski definition) is 3. The lowest BCUT2D eigenvalue weighted by Gasteiger charge is -2.38. The van der Waals surface area contributed by atoms with E-state index in [1.54, 1.807) is 0 Å². The Balaban J connectivity index is 1.89. The first-order chi connectivity index (χ1) is 9.93. The molecule has 3 rings (SSSR count). The minimum absolute atomic E-state index is 0.262. The van der Waals surface area contributed by atoms with E-state index in [0.29, 0.717) is 17.2 Å². The number of rotatable bonds is 2. The summed E-state index contributed by atoms with van der Waals surface area (Å²) in [6, 6.07) is 9.89. The number of anilines is 1. The van der Waals surface area contributed by atoms with Crippen LogP contribution in [-0.2, 0) is 0 Å². The van der Waals surface area contributed by atoms with Gasteiger partial charge >= 0.3 is 0 Å². The van der Waals surface area contributed by atoms with Crippen LogP contribution in [0.25, 0.3) is 10.9 Å². The zero-order valence-electron chi connectivity index (χ0n) is 13.1. The summed E-state index contributed by atoms with van der Waals surface area (Å²) < 4.78 is 6.31. The van der Waals surface area contributed by atoms with Gasteiger partial charge in [-0.25, -0.2) is 4.98 Å². The standard InChI is InChI=1S/C18H24N2O/c1-12-9-14(11-18(2,3)10-12)21-15-6-4-5-13-7-8-16(19)20-17(13)15/h4-8,12,14H,9-11H2,1-3H3,(H2,19,20)/t12-,14-/m1/s1. The fourth-order valence-corrected chi connectivity index (χ4v) is 3.76. The lowest BCUT2D eigenvalue weighted by atomic mass is 9.71. The second-order valence-electron chi connectivity index (χ2n) is 7.22. The Morgan fingerprint density at radius 2 is 2.00 bits per heavy atom. The molecule has 2 atom stereocenters. The molecular weight excluding hydrogens is 260 g/mol. The predicted octanol–water partition coefficient (Wildman–Crippen LogP) is 4.41. The van der Waals surface area contributed by atoms with Crippen LogP contribution in [0.3, 0.4) is 0 Å². The van der Waals surface area contributed by atoms with Crippen molar-refractivity contribution in [2.75, 3.05) is 5.73 Å². The van der Waals surface area contributed by atoms with Gasteiger partial charge in [0, 0.05) is 5.39 Å². The van der Waals surface area contributed by atoms with Crippen molar-refractivity contribution in [2.45, 2.75) is 46.1 Å². The first kappa shape index (κ1) is 14.2. The van der Waals surface area contributed by atoms with E-state index in [-0.39, 0.29) is 6.10 Å². The van der Waals surface area contributed by atoms with E-state index in [1.165, 1.54) is 6.42 Å². The third kappa shape index (κ3) is 3.12. The van der Waals surface area contributed by atoms with Gasteiger partial charge in [0.25, 0.3) is 0 Å². The van der Waals surface area contributed by atoms with Gasteiger partial charge in [0.05, 0.1) is 6.10 Å². The number of ether oxygens (including phenoxy) is 1. The Hall–Kier alpha value is -1.77. The van der Waals surface area contributed by atoms with Gasteiger partial charge < -0.3 is 10.5 Å². The molecule has 21 heavy (non-hydrogen) atoms. The van der Waals surface area contributed by atoms with Crippen LogP contribution in [0.5, 0.6) is 5.75 Å². The molecule has 0 amide bonds. The van der Waals surface area contributed by atoms with E-state index in [1.807, 2.05) is 30.3 Å². The molecule has 1 fully saturated rings. The van der Waals surface area contributed by atoms with Gasteiger partial charge in [-0.05, 0) is 48.8 Å². The maximum absolute atomic E-state index is 6.31. The molecule has 3 heteroatoms. The summed E-state index contributed by atoms with van der Waals surface area (Å²) in [5.74, 6) is 2.09. The number of pyridine rings is 1. The number of benzene rings is 1. The molecule has 1 aliphatic carbocycles. The van der Waals surface area contributed by atoms with Crippen LogP contribution < -0.4 is 10.5 Å². The number of para-hydroxylation sites is 1. The Labute approximate surface area is 126 Å². The zero-order valence-corrected chi connectivity index (χ0v) is 13.1. The van der Waals surface area contributed by atoms with Crippen molar-refractivity contribution in [1.82, 2.24) is 4.98 Å². The SMILES string of the molecule is C[C@@H]1C[C@@H](Oc2cccc3ccc(N)nc23)CC(C)(C)C1. The van der Waals surface area contributed by atoms with E-state index >= 15 is 0 Å². The summed E-state index contributed by atoms with van der Waals surface area (Å²) in [5.41, 5.74) is 7.04. The maximum atomic E-state index is 6.31. The average molecular weight is 284 g/mol. The van der Waals surface area contributed by atoms with Crippen molar-refractivity contribution in [1.29, 1.82) is 0 Å². The van der Waals surface area contributed by atoms with Crippen molar-refractivity contribution in [3.63, 3.8) is 0 Å². The van der Waals surface area contributed by atoms with Crippen LogP contribution in [0.1, 0.15) is 40.0 Å². The van der Waals surface area contributed by atoms with E-state index in [2.05, 4.69) is 25.8 Å². The van der Waals surface area contributed by atoms with E-state index in [0.717, 1.165) is 29.5 Å². The van der Waals surface area contributed by atoms with Gasteiger partial charge in [-0.3, -0.25) is 0 Å². The molecule has 0 unspecified atom stereocenters. The Kier molecular flexibility index (Phi) is 3.52. The highest BCUT2D eigenvalue weighted by molar-refractivity contribution is 5.85. The highest BCUT2D eigenvalue weighted by atomic mass is 16.5. The molecule has 1 heterocycles. The van der Waals surface area contributed by atoms with Crippen molar-refractivity contribution >= 4 is 16.7 Å². The Morgan fingerprint density at radius 1 is 1.19 bits per heavy atom. The summed E-state index contributed by atoms with van der Waals surface area (Å²) in [5, 5.41) is 1.07. The highest BCUT2D eigenvalue weighted by Gasteiger charge is 2.33. The molecule has 1 aromatic heterocycles. The van der Waals surface area contributed by atoms with Crippen LogP contribution in [-0.4, -0.2) is 11.1 Å². The smallest absolute Gasteiger partial charge is 0.146 e. The lowest BCUT2D eigenvalue weighted by Crippen LogP contribution is -2.34. The minimum atomic E-state index is 0.262. The quantitative estimate of drug-likeness (QED) is 0.888. The summed E-state index contributed by atoms with van der Waals surface area (Å²) in [4.78, 5) is 4.45. The summed E-state index contributed by atoms with van der Waals surface area (Å²) in [7, 11) is 0. The van der Waals surface area contributed by atoms with Crippen molar-refractivity contribution in [3.8, 4) is 5.75 Å². The van der Waals surface area contributed by atoms with Crippen molar-refractivity contribution in [2.24, 2.45) is 11.3 Å². The largest absolute Gasteiger partial charge is 0.488 e. The van der Waals surface area contributed by atoms with Crippen LogP contribution >= 0.6 is 0 Å². The maximum Gasteiger partial charge on any atom is 0.146 e. The van der Waals surface area contributed by atoms with Gasteiger partial charge in [-0.1, -0.05) is 32.9 Å². The fraction of sp³-hybridized carbons (Fsp3) is 0.500. The molecule has 2 N–H and O–H groups in total. The third-order valence-corrected chi connectivity index (χ3v) is 4.34. The molecule has 0 radical (unpaired) electrons. The number of nitrogens with two attached hydrogens (primary N) is 1. The number of fused-ring (bicyclic) bond motifs is 1. The lowest BCUT2D eigenvalue weighted by molar-refractivity contribution is 0.0571. The third-order valence-electron chi connectivity index (χ3n) is 4.34. The molecule has 0 spiro atoms. The zero-order chi connectivity index (χ0) is 15.0. The molecule has 0 aliphatic heterocycles. The van der Waals surface area contributed by atoms with Gasteiger partial charge in [-0.2, -0.15) is 0 Å². The number of nitrogen functional groups attached to an aromatic ring is 1. The fourth-order valence-electron chi connectivity index (χ4n) is 3.76. The topological polar surface area (TPSA) is 48.1 Å².